The molecule has 0 aromatic heterocycles. The number of amides is 2. The Balaban J connectivity index is 1.74. The minimum atomic E-state index is -0.529. The van der Waals surface area contributed by atoms with Crippen LogP contribution in [0.1, 0.15) is 18.1 Å². The van der Waals surface area contributed by atoms with Crippen molar-refractivity contribution in [3.63, 3.8) is 0 Å². The number of nitrogens with two attached hydrogens (primary N) is 1. The standard InChI is InChI=1S/C21H21N3O3S/c1-3-14-4-8-16(9-5-14)23-21-24(2)20(26)18(28-21)12-15-6-10-17(11-7-15)27-13-19(22)25/h4-12H,3,13H2,1-2H3,(H2,22,25)/b18-12+,23-21?. The summed E-state index contributed by atoms with van der Waals surface area (Å²) in [4.78, 5) is 30.0. The van der Waals surface area contributed by atoms with Gasteiger partial charge in [0.1, 0.15) is 5.75 Å². The van der Waals surface area contributed by atoms with Crippen molar-refractivity contribution in [3.05, 3.63) is 64.6 Å². The smallest absolute Gasteiger partial charge is 0.266 e. The summed E-state index contributed by atoms with van der Waals surface area (Å²) in [6, 6.07) is 15.1. The molecule has 1 heterocycles. The largest absolute Gasteiger partial charge is 0.484 e. The van der Waals surface area contributed by atoms with Crippen LogP contribution in [0.2, 0.25) is 0 Å². The van der Waals surface area contributed by atoms with E-state index < -0.39 is 5.91 Å². The SMILES string of the molecule is CCc1ccc(N=C2S/C(=C/c3ccc(OCC(N)=O)cc3)C(=O)N2C)cc1. The van der Waals surface area contributed by atoms with Crippen molar-refractivity contribution in [2.75, 3.05) is 13.7 Å². The van der Waals surface area contributed by atoms with Crippen LogP contribution in [-0.4, -0.2) is 35.5 Å². The Kier molecular flexibility index (Phi) is 6.16. The Morgan fingerprint density at radius 1 is 1.18 bits per heavy atom. The average Bonchev–Trinajstić information content (AvgIpc) is 2.96. The van der Waals surface area contributed by atoms with Gasteiger partial charge in [-0.3, -0.25) is 14.5 Å². The molecule has 3 rings (SSSR count). The van der Waals surface area contributed by atoms with Gasteiger partial charge in [-0.25, -0.2) is 4.99 Å². The molecule has 144 valence electrons. The van der Waals surface area contributed by atoms with Gasteiger partial charge in [-0.05, 0) is 59.7 Å². The molecular weight excluding hydrogens is 374 g/mol. The topological polar surface area (TPSA) is 85.0 Å². The molecule has 2 amide bonds. The van der Waals surface area contributed by atoms with Crippen LogP contribution in [0.4, 0.5) is 5.69 Å². The Morgan fingerprint density at radius 2 is 1.86 bits per heavy atom. The molecule has 1 aliphatic heterocycles. The summed E-state index contributed by atoms with van der Waals surface area (Å²) in [6.45, 7) is 1.94. The monoisotopic (exact) mass is 395 g/mol. The van der Waals surface area contributed by atoms with Gasteiger partial charge in [0.2, 0.25) is 0 Å². The first-order valence-corrected chi connectivity index (χ1v) is 9.64. The molecule has 0 aliphatic carbocycles. The highest BCUT2D eigenvalue weighted by atomic mass is 32.2. The molecule has 0 radical (unpaired) electrons. The molecule has 0 atom stereocenters. The summed E-state index contributed by atoms with van der Waals surface area (Å²) in [6.07, 6.45) is 2.79. The van der Waals surface area contributed by atoms with E-state index in [-0.39, 0.29) is 12.5 Å². The average molecular weight is 395 g/mol. The highest BCUT2D eigenvalue weighted by Crippen LogP contribution is 2.33. The van der Waals surface area contributed by atoms with Gasteiger partial charge in [0.05, 0.1) is 10.6 Å². The summed E-state index contributed by atoms with van der Waals surface area (Å²) in [7, 11) is 1.72. The maximum atomic E-state index is 12.5. The van der Waals surface area contributed by atoms with Crippen molar-refractivity contribution in [3.8, 4) is 5.75 Å². The Hall–Kier alpha value is -3.06. The van der Waals surface area contributed by atoms with Gasteiger partial charge in [-0.15, -0.1) is 0 Å². The predicted octanol–water partition coefficient (Wildman–Crippen LogP) is 3.35. The normalized spacial score (nSPS) is 16.8. The number of ether oxygens (including phenoxy) is 1. The van der Waals surface area contributed by atoms with Gasteiger partial charge in [-0.2, -0.15) is 0 Å². The minimum absolute atomic E-state index is 0.0945. The van der Waals surface area contributed by atoms with E-state index in [1.165, 1.54) is 17.3 Å². The number of hydrogen-bond acceptors (Lipinski definition) is 5. The number of aliphatic imine (C=N–C) groups is 1. The second-order valence-electron chi connectivity index (χ2n) is 6.21. The first-order chi connectivity index (χ1) is 13.5. The zero-order valence-electron chi connectivity index (χ0n) is 15.7. The lowest BCUT2D eigenvalue weighted by Crippen LogP contribution is -2.23. The third kappa shape index (κ3) is 4.80. The molecule has 6 nitrogen and oxygen atoms in total. The summed E-state index contributed by atoms with van der Waals surface area (Å²) in [5.74, 6) is -0.0810. The first-order valence-electron chi connectivity index (χ1n) is 8.82. The van der Waals surface area contributed by atoms with E-state index in [0.29, 0.717) is 15.8 Å². The fourth-order valence-corrected chi connectivity index (χ4v) is 3.52. The van der Waals surface area contributed by atoms with E-state index in [2.05, 4.69) is 11.9 Å². The fourth-order valence-electron chi connectivity index (χ4n) is 2.53. The van der Waals surface area contributed by atoms with Crippen LogP contribution in [-0.2, 0) is 16.0 Å². The third-order valence-corrected chi connectivity index (χ3v) is 5.19. The highest BCUT2D eigenvalue weighted by molar-refractivity contribution is 8.18. The lowest BCUT2D eigenvalue weighted by Gasteiger charge is -2.07. The zero-order valence-corrected chi connectivity index (χ0v) is 16.5. The quantitative estimate of drug-likeness (QED) is 0.760. The number of hydrogen-bond donors (Lipinski definition) is 1. The number of carbonyl (C=O) groups excluding carboxylic acids is 2. The molecule has 1 aliphatic rings. The molecule has 7 heteroatoms. The Labute approximate surface area is 168 Å². The summed E-state index contributed by atoms with van der Waals surface area (Å²) >= 11 is 1.34. The Morgan fingerprint density at radius 3 is 2.46 bits per heavy atom. The molecular formula is C21H21N3O3S. The van der Waals surface area contributed by atoms with Crippen LogP contribution in [0, 0.1) is 0 Å². The minimum Gasteiger partial charge on any atom is -0.484 e. The van der Waals surface area contributed by atoms with Crippen LogP contribution in [0.3, 0.4) is 0 Å². The van der Waals surface area contributed by atoms with Crippen LogP contribution in [0.5, 0.6) is 5.75 Å². The van der Waals surface area contributed by atoms with E-state index in [1.54, 1.807) is 24.1 Å². The van der Waals surface area contributed by atoms with Crippen LogP contribution in [0.25, 0.3) is 6.08 Å². The van der Waals surface area contributed by atoms with E-state index in [9.17, 15) is 9.59 Å². The molecule has 1 saturated heterocycles. The first kappa shape index (κ1) is 19.7. The molecule has 0 unspecified atom stereocenters. The molecule has 0 bridgehead atoms. The molecule has 2 aromatic rings. The molecule has 28 heavy (non-hydrogen) atoms. The molecule has 2 aromatic carbocycles. The molecule has 0 spiro atoms. The van der Waals surface area contributed by atoms with E-state index in [4.69, 9.17) is 10.5 Å². The number of aryl methyl sites for hydroxylation is 1. The van der Waals surface area contributed by atoms with E-state index in [1.807, 2.05) is 42.5 Å². The van der Waals surface area contributed by atoms with Gasteiger partial charge in [0, 0.05) is 7.05 Å². The Bertz CT molecular complexity index is 934. The van der Waals surface area contributed by atoms with Gasteiger partial charge < -0.3 is 10.5 Å². The van der Waals surface area contributed by atoms with Crippen LogP contribution in [0.15, 0.2) is 58.4 Å². The van der Waals surface area contributed by atoms with Crippen molar-refractivity contribution in [1.29, 1.82) is 0 Å². The van der Waals surface area contributed by atoms with Crippen molar-refractivity contribution in [1.82, 2.24) is 4.90 Å². The maximum absolute atomic E-state index is 12.5. The number of carbonyl (C=O) groups is 2. The third-order valence-electron chi connectivity index (χ3n) is 4.13. The van der Waals surface area contributed by atoms with Crippen molar-refractivity contribution in [2.24, 2.45) is 10.7 Å². The number of nitrogens with zero attached hydrogens (tertiary/aromatic N) is 2. The van der Waals surface area contributed by atoms with Crippen LogP contribution >= 0.6 is 11.8 Å². The number of benzene rings is 2. The number of rotatable bonds is 6. The lowest BCUT2D eigenvalue weighted by molar-refractivity contribution is -0.121. The van der Waals surface area contributed by atoms with E-state index >= 15 is 0 Å². The fraction of sp³-hybridized carbons (Fsp3) is 0.190. The number of thioether (sulfide) groups is 1. The summed E-state index contributed by atoms with van der Waals surface area (Å²) < 4.78 is 5.24. The second-order valence-corrected chi connectivity index (χ2v) is 7.22. The summed E-state index contributed by atoms with van der Waals surface area (Å²) in [5, 5.41) is 0.641. The van der Waals surface area contributed by atoms with Gasteiger partial charge in [0.25, 0.3) is 11.8 Å². The number of primary amides is 1. The maximum Gasteiger partial charge on any atom is 0.266 e. The molecule has 0 saturated carbocycles. The number of amidine groups is 1. The predicted molar refractivity (Wildman–Crippen MR) is 112 cm³/mol. The van der Waals surface area contributed by atoms with E-state index in [0.717, 1.165) is 17.7 Å². The highest BCUT2D eigenvalue weighted by Gasteiger charge is 2.30. The summed E-state index contributed by atoms with van der Waals surface area (Å²) in [5.41, 5.74) is 7.97. The second kappa shape index (κ2) is 8.75. The number of likely N-dealkylation sites (N-methyl/N-ethyl adjacent to an activating group) is 1. The van der Waals surface area contributed by atoms with Crippen molar-refractivity contribution < 1.29 is 14.3 Å². The zero-order chi connectivity index (χ0) is 20.1. The van der Waals surface area contributed by atoms with Gasteiger partial charge >= 0.3 is 0 Å². The molecule has 1 fully saturated rings. The van der Waals surface area contributed by atoms with Crippen molar-refractivity contribution >= 4 is 40.5 Å². The van der Waals surface area contributed by atoms with Crippen LogP contribution < -0.4 is 10.5 Å². The van der Waals surface area contributed by atoms with Gasteiger partial charge in [-0.1, -0.05) is 31.2 Å². The lowest BCUT2D eigenvalue weighted by atomic mass is 10.2. The van der Waals surface area contributed by atoms with Crippen molar-refractivity contribution in [2.45, 2.75) is 13.3 Å². The van der Waals surface area contributed by atoms with Gasteiger partial charge in [0.15, 0.2) is 11.8 Å². The molecule has 2 N–H and O–H groups in total.